The predicted octanol–water partition coefficient (Wildman–Crippen LogP) is 2.20. The van der Waals surface area contributed by atoms with Gasteiger partial charge in [0.2, 0.25) is 0 Å². The van der Waals surface area contributed by atoms with Gasteiger partial charge in [-0.2, -0.15) is 20.5 Å². The second kappa shape index (κ2) is 5.06. The van der Waals surface area contributed by atoms with Gasteiger partial charge in [0.25, 0.3) is 0 Å². The molecule has 0 unspecified atom stereocenters. The van der Waals surface area contributed by atoms with Crippen molar-refractivity contribution in [2.24, 2.45) is 20.5 Å². The van der Waals surface area contributed by atoms with Crippen molar-refractivity contribution < 1.29 is 0 Å². The second-order valence-corrected chi connectivity index (χ2v) is 1.93. The standard InChI is InChI=1S/C7H9N5/c1-8-10-6-11-12-7-2-4-9-5-3-7/h2-5H,6H2,1H3. The number of rotatable bonds is 3. The molecule has 0 N–H and O–H groups in total. The van der Waals surface area contributed by atoms with Crippen LogP contribution in [0.15, 0.2) is 45.0 Å². The summed E-state index contributed by atoms with van der Waals surface area (Å²) in [6, 6.07) is 3.54. The van der Waals surface area contributed by atoms with Gasteiger partial charge in [-0.05, 0) is 12.1 Å². The molecule has 0 atom stereocenters. The second-order valence-electron chi connectivity index (χ2n) is 1.93. The van der Waals surface area contributed by atoms with Gasteiger partial charge in [-0.3, -0.25) is 4.98 Å². The maximum Gasteiger partial charge on any atom is 0.171 e. The Kier molecular flexibility index (Phi) is 3.56. The molecule has 0 amide bonds. The van der Waals surface area contributed by atoms with Gasteiger partial charge in [-0.1, -0.05) is 0 Å². The highest BCUT2D eigenvalue weighted by molar-refractivity contribution is 5.32. The van der Waals surface area contributed by atoms with Crippen LogP contribution in [0.4, 0.5) is 5.69 Å². The predicted molar refractivity (Wildman–Crippen MR) is 44.4 cm³/mol. The highest BCUT2D eigenvalue weighted by Gasteiger charge is 1.83. The lowest BCUT2D eigenvalue weighted by Gasteiger charge is -1.87. The van der Waals surface area contributed by atoms with Gasteiger partial charge in [0.1, 0.15) is 0 Å². The fraction of sp³-hybridized carbons (Fsp3) is 0.286. The molecule has 1 aromatic rings. The van der Waals surface area contributed by atoms with Gasteiger partial charge < -0.3 is 0 Å². The number of hydrogen-bond donors (Lipinski definition) is 0. The first-order valence-corrected chi connectivity index (χ1v) is 3.46. The molecule has 1 rings (SSSR count). The molecule has 12 heavy (non-hydrogen) atoms. The molecule has 0 aliphatic heterocycles. The van der Waals surface area contributed by atoms with E-state index in [2.05, 4.69) is 25.4 Å². The van der Waals surface area contributed by atoms with Gasteiger partial charge >= 0.3 is 0 Å². The van der Waals surface area contributed by atoms with Crippen molar-refractivity contribution in [3.8, 4) is 0 Å². The van der Waals surface area contributed by atoms with Crippen molar-refractivity contribution in [2.75, 3.05) is 13.7 Å². The van der Waals surface area contributed by atoms with Crippen LogP contribution in [-0.4, -0.2) is 18.7 Å². The summed E-state index contributed by atoms with van der Waals surface area (Å²) in [4.78, 5) is 3.85. The minimum Gasteiger partial charge on any atom is -0.265 e. The summed E-state index contributed by atoms with van der Waals surface area (Å²) in [5.74, 6) is 0. The molecule has 0 radical (unpaired) electrons. The van der Waals surface area contributed by atoms with E-state index in [9.17, 15) is 0 Å². The van der Waals surface area contributed by atoms with Crippen LogP contribution < -0.4 is 0 Å². The molecule has 5 heteroatoms. The fourth-order valence-electron chi connectivity index (χ4n) is 0.616. The molecular formula is C7H9N5. The van der Waals surface area contributed by atoms with E-state index in [1.807, 2.05) is 0 Å². The lowest BCUT2D eigenvalue weighted by Crippen LogP contribution is -1.69. The SMILES string of the molecule is CN=NCN=Nc1ccncc1. The molecule has 0 saturated heterocycles. The average Bonchev–Trinajstić information content (AvgIpc) is 2.14. The van der Waals surface area contributed by atoms with Crippen LogP contribution in [0.2, 0.25) is 0 Å². The lowest BCUT2D eigenvalue weighted by molar-refractivity contribution is 0.888. The van der Waals surface area contributed by atoms with Gasteiger partial charge in [0, 0.05) is 19.4 Å². The van der Waals surface area contributed by atoms with Crippen LogP contribution in [-0.2, 0) is 0 Å². The largest absolute Gasteiger partial charge is 0.265 e. The van der Waals surface area contributed by atoms with Crippen molar-refractivity contribution in [1.29, 1.82) is 0 Å². The Labute approximate surface area is 70.3 Å². The first kappa shape index (κ1) is 8.45. The van der Waals surface area contributed by atoms with Crippen LogP contribution in [0.5, 0.6) is 0 Å². The van der Waals surface area contributed by atoms with Gasteiger partial charge in [-0.15, -0.1) is 0 Å². The Balaban J connectivity index is 2.47. The van der Waals surface area contributed by atoms with Crippen molar-refractivity contribution in [2.45, 2.75) is 0 Å². The van der Waals surface area contributed by atoms with E-state index in [4.69, 9.17) is 0 Å². The summed E-state index contributed by atoms with van der Waals surface area (Å²) in [7, 11) is 1.60. The first-order valence-electron chi connectivity index (χ1n) is 3.46. The average molecular weight is 163 g/mol. The number of azo groups is 2. The third-order valence-corrected chi connectivity index (χ3v) is 1.12. The Bertz CT molecular complexity index is 266. The molecule has 0 aliphatic rings. The van der Waals surface area contributed by atoms with Crippen molar-refractivity contribution in [3.63, 3.8) is 0 Å². The maximum atomic E-state index is 3.88. The summed E-state index contributed by atoms with van der Waals surface area (Å²) >= 11 is 0. The topological polar surface area (TPSA) is 62.3 Å². The van der Waals surface area contributed by atoms with Crippen molar-refractivity contribution >= 4 is 5.69 Å². The monoisotopic (exact) mass is 163 g/mol. The summed E-state index contributed by atoms with van der Waals surface area (Å²) < 4.78 is 0. The Morgan fingerprint density at radius 2 is 2.00 bits per heavy atom. The zero-order valence-electron chi connectivity index (χ0n) is 6.75. The van der Waals surface area contributed by atoms with Gasteiger partial charge in [0.15, 0.2) is 6.67 Å². The highest BCUT2D eigenvalue weighted by atomic mass is 15.2. The molecule has 0 aliphatic carbocycles. The van der Waals surface area contributed by atoms with E-state index in [0.29, 0.717) is 0 Å². The molecule has 62 valence electrons. The first-order chi connectivity index (χ1) is 5.93. The molecule has 5 nitrogen and oxygen atoms in total. The van der Waals surface area contributed by atoms with Gasteiger partial charge in [-0.25, -0.2) is 0 Å². The van der Waals surface area contributed by atoms with Crippen LogP contribution in [0.25, 0.3) is 0 Å². The van der Waals surface area contributed by atoms with E-state index < -0.39 is 0 Å². The van der Waals surface area contributed by atoms with Crippen LogP contribution in [0.1, 0.15) is 0 Å². The summed E-state index contributed by atoms with van der Waals surface area (Å²) in [6.07, 6.45) is 3.32. The van der Waals surface area contributed by atoms with E-state index in [1.165, 1.54) is 0 Å². The van der Waals surface area contributed by atoms with Gasteiger partial charge in [0.05, 0.1) is 5.69 Å². The molecule has 0 saturated carbocycles. The zero-order chi connectivity index (χ0) is 8.65. The van der Waals surface area contributed by atoms with Crippen molar-refractivity contribution in [1.82, 2.24) is 4.98 Å². The molecule has 0 aromatic carbocycles. The third-order valence-electron chi connectivity index (χ3n) is 1.12. The number of pyridine rings is 1. The molecule has 0 fully saturated rings. The normalized spacial score (nSPS) is 11.4. The third kappa shape index (κ3) is 2.96. The quantitative estimate of drug-likeness (QED) is 0.630. The Hall–Kier alpha value is -1.65. The number of aromatic nitrogens is 1. The highest BCUT2D eigenvalue weighted by Crippen LogP contribution is 2.08. The van der Waals surface area contributed by atoms with E-state index in [-0.39, 0.29) is 6.67 Å². The smallest absolute Gasteiger partial charge is 0.171 e. The number of hydrogen-bond acceptors (Lipinski definition) is 5. The summed E-state index contributed by atoms with van der Waals surface area (Å²) in [6.45, 7) is 0.277. The lowest BCUT2D eigenvalue weighted by atomic mass is 10.4. The molecule has 1 aromatic heterocycles. The van der Waals surface area contributed by atoms with E-state index in [1.54, 1.807) is 31.6 Å². The van der Waals surface area contributed by atoms with E-state index in [0.717, 1.165) is 5.69 Å². The van der Waals surface area contributed by atoms with Crippen LogP contribution in [0, 0.1) is 0 Å². The van der Waals surface area contributed by atoms with Crippen LogP contribution in [0.3, 0.4) is 0 Å². The van der Waals surface area contributed by atoms with E-state index >= 15 is 0 Å². The molecule has 0 bridgehead atoms. The Morgan fingerprint density at radius 1 is 1.25 bits per heavy atom. The minimum absolute atomic E-state index is 0.277. The fourth-order valence-corrected chi connectivity index (χ4v) is 0.616. The minimum atomic E-state index is 0.277. The summed E-state index contributed by atoms with van der Waals surface area (Å²) in [5.41, 5.74) is 0.774. The summed E-state index contributed by atoms with van der Waals surface area (Å²) in [5, 5.41) is 14.8. The van der Waals surface area contributed by atoms with Crippen LogP contribution >= 0.6 is 0 Å². The molecule has 1 heterocycles. The van der Waals surface area contributed by atoms with Crippen molar-refractivity contribution in [3.05, 3.63) is 24.5 Å². The molecule has 0 spiro atoms. The zero-order valence-corrected chi connectivity index (χ0v) is 6.75. The molecular weight excluding hydrogens is 154 g/mol. The Morgan fingerprint density at radius 3 is 2.67 bits per heavy atom. The number of nitrogens with zero attached hydrogens (tertiary/aromatic N) is 5. The maximum absolute atomic E-state index is 3.88.